The SMILES string of the molecule is CNC(=O)NC(N)=NCC(C)(C)CC(C)(C)CN1CCCCCCOc2ccccc2CN=C(N)NC1=O. The molecule has 1 aromatic carbocycles. The molecule has 0 aliphatic carbocycles. The molecule has 11 heteroatoms. The number of hydrogen-bond acceptors (Lipinski definition) is 6. The number of hydrogen-bond donors (Lipinski definition) is 5. The average Bonchev–Trinajstić information content (AvgIpc) is 2.84. The van der Waals surface area contributed by atoms with Crippen LogP contribution in [-0.4, -0.2) is 62.2 Å². The van der Waals surface area contributed by atoms with Crippen LogP contribution in [0.4, 0.5) is 9.59 Å². The summed E-state index contributed by atoms with van der Waals surface area (Å²) in [5.41, 5.74) is 12.4. The summed E-state index contributed by atoms with van der Waals surface area (Å²) in [5.74, 6) is 0.950. The largest absolute Gasteiger partial charge is 0.493 e. The molecule has 1 aromatic rings. The molecule has 0 spiro atoms. The molecular formula is C27H46N8O3. The number of nitrogens with zero attached hydrogens (tertiary/aromatic N) is 3. The summed E-state index contributed by atoms with van der Waals surface area (Å²) in [6.45, 7) is 11.0. The zero-order valence-electron chi connectivity index (χ0n) is 23.6. The summed E-state index contributed by atoms with van der Waals surface area (Å²) in [5, 5.41) is 7.69. The molecular weight excluding hydrogens is 484 g/mol. The van der Waals surface area contributed by atoms with Crippen molar-refractivity contribution in [1.29, 1.82) is 0 Å². The fourth-order valence-electron chi connectivity index (χ4n) is 4.81. The second-order valence-electron chi connectivity index (χ2n) is 11.3. The molecule has 11 nitrogen and oxygen atoms in total. The van der Waals surface area contributed by atoms with E-state index in [4.69, 9.17) is 16.2 Å². The smallest absolute Gasteiger partial charge is 0.324 e. The topological polar surface area (TPSA) is 159 Å². The number of amides is 4. The van der Waals surface area contributed by atoms with Gasteiger partial charge < -0.3 is 26.4 Å². The number of fused-ring (bicyclic) bond motifs is 1. The van der Waals surface area contributed by atoms with E-state index in [1.807, 2.05) is 29.2 Å². The molecule has 1 heterocycles. The molecule has 0 saturated carbocycles. The van der Waals surface area contributed by atoms with Gasteiger partial charge in [0.05, 0.1) is 13.2 Å². The molecule has 1 aliphatic rings. The van der Waals surface area contributed by atoms with Crippen LogP contribution in [0.3, 0.4) is 0 Å². The van der Waals surface area contributed by atoms with Crippen LogP contribution in [0, 0.1) is 10.8 Å². The average molecular weight is 531 g/mol. The molecule has 0 aromatic heterocycles. The summed E-state index contributed by atoms with van der Waals surface area (Å²) in [7, 11) is 1.51. The van der Waals surface area contributed by atoms with E-state index in [0.717, 1.165) is 43.4 Å². The molecule has 0 bridgehead atoms. The fourth-order valence-corrected chi connectivity index (χ4v) is 4.81. The van der Waals surface area contributed by atoms with Gasteiger partial charge >= 0.3 is 12.1 Å². The molecule has 0 fully saturated rings. The molecule has 7 N–H and O–H groups in total. The van der Waals surface area contributed by atoms with Gasteiger partial charge in [-0.3, -0.25) is 15.6 Å². The second-order valence-corrected chi connectivity index (χ2v) is 11.3. The molecule has 0 radical (unpaired) electrons. The molecule has 1 aliphatic heterocycles. The Balaban J connectivity index is 2.09. The van der Waals surface area contributed by atoms with Crippen molar-refractivity contribution in [2.24, 2.45) is 32.3 Å². The van der Waals surface area contributed by atoms with Crippen molar-refractivity contribution < 1.29 is 14.3 Å². The lowest BCUT2D eigenvalue weighted by Gasteiger charge is -2.38. The Bertz CT molecular complexity index is 990. The number of urea groups is 2. The maximum atomic E-state index is 13.2. The van der Waals surface area contributed by atoms with Crippen LogP contribution in [0.15, 0.2) is 34.3 Å². The minimum Gasteiger partial charge on any atom is -0.493 e. The third-order valence-corrected chi connectivity index (χ3v) is 6.22. The first-order valence-corrected chi connectivity index (χ1v) is 13.3. The van der Waals surface area contributed by atoms with Crippen molar-refractivity contribution in [1.82, 2.24) is 20.9 Å². The monoisotopic (exact) mass is 530 g/mol. The molecule has 4 amide bonds. The van der Waals surface area contributed by atoms with Crippen LogP contribution in [0.5, 0.6) is 5.75 Å². The lowest BCUT2D eigenvalue weighted by molar-refractivity contribution is 0.133. The zero-order valence-corrected chi connectivity index (χ0v) is 23.6. The number of nitrogens with one attached hydrogen (secondary N) is 3. The maximum Gasteiger partial charge on any atom is 0.324 e. The first kappa shape index (κ1) is 30.7. The van der Waals surface area contributed by atoms with E-state index < -0.39 is 6.03 Å². The van der Waals surface area contributed by atoms with Crippen LogP contribution >= 0.6 is 0 Å². The number of benzene rings is 1. The van der Waals surface area contributed by atoms with Gasteiger partial charge in [0.1, 0.15) is 5.75 Å². The highest BCUT2D eigenvalue weighted by Crippen LogP contribution is 2.35. The Morgan fingerprint density at radius 1 is 1.16 bits per heavy atom. The van der Waals surface area contributed by atoms with E-state index in [9.17, 15) is 9.59 Å². The van der Waals surface area contributed by atoms with Crippen molar-refractivity contribution in [3.63, 3.8) is 0 Å². The van der Waals surface area contributed by atoms with Crippen molar-refractivity contribution in [2.45, 2.75) is 66.3 Å². The summed E-state index contributed by atoms with van der Waals surface area (Å²) in [6, 6.07) is 7.09. The number of ether oxygens (including phenoxy) is 1. The highest BCUT2D eigenvalue weighted by molar-refractivity contribution is 5.95. The molecule has 0 atom stereocenters. The predicted octanol–water partition coefficient (Wildman–Crippen LogP) is 3.15. The predicted molar refractivity (Wildman–Crippen MR) is 152 cm³/mol. The van der Waals surface area contributed by atoms with Crippen LogP contribution in [0.25, 0.3) is 0 Å². The highest BCUT2D eigenvalue weighted by atomic mass is 16.5. The second kappa shape index (κ2) is 14.4. The normalized spacial score (nSPS) is 16.7. The van der Waals surface area contributed by atoms with E-state index in [1.165, 1.54) is 7.05 Å². The van der Waals surface area contributed by atoms with E-state index in [1.54, 1.807) is 0 Å². The molecule has 0 unspecified atom stereocenters. The van der Waals surface area contributed by atoms with Crippen LogP contribution in [-0.2, 0) is 6.54 Å². The molecule has 38 heavy (non-hydrogen) atoms. The van der Waals surface area contributed by atoms with Crippen molar-refractivity contribution >= 4 is 24.0 Å². The van der Waals surface area contributed by atoms with Gasteiger partial charge in [0.25, 0.3) is 0 Å². The highest BCUT2D eigenvalue weighted by Gasteiger charge is 2.32. The van der Waals surface area contributed by atoms with Gasteiger partial charge in [0, 0.05) is 32.2 Å². The number of aliphatic imine (C=N–C) groups is 2. The number of para-hydroxylation sites is 1. The standard InChI is InChI=1S/C27H46N8O3/c1-26(2,18-32-23(29)33-24(36)30-5)17-27(3,4)19-35-14-10-6-7-11-15-38-21-13-9-8-12-20(21)16-31-22(28)34-25(35)37/h8-9,12-13H,6-7,10-11,14-19H2,1-5H3,(H3,28,31,34,37)(H4,29,30,32,33,36). The van der Waals surface area contributed by atoms with E-state index in [2.05, 4.69) is 53.6 Å². The Hall–Kier alpha value is -3.50. The Morgan fingerprint density at radius 3 is 2.61 bits per heavy atom. The van der Waals surface area contributed by atoms with Gasteiger partial charge in [-0.05, 0) is 36.2 Å². The number of rotatable bonds is 6. The first-order valence-electron chi connectivity index (χ1n) is 13.3. The number of carbonyl (C=O) groups is 2. The van der Waals surface area contributed by atoms with Gasteiger partial charge in [-0.15, -0.1) is 0 Å². The Kier molecular flexibility index (Phi) is 11.7. The van der Waals surface area contributed by atoms with Gasteiger partial charge in [-0.1, -0.05) is 58.7 Å². The van der Waals surface area contributed by atoms with Crippen molar-refractivity contribution in [2.75, 3.05) is 33.3 Å². The summed E-state index contributed by atoms with van der Waals surface area (Å²) < 4.78 is 5.96. The van der Waals surface area contributed by atoms with Gasteiger partial charge in [0.15, 0.2) is 11.9 Å². The van der Waals surface area contributed by atoms with E-state index in [0.29, 0.717) is 32.8 Å². The van der Waals surface area contributed by atoms with E-state index >= 15 is 0 Å². The van der Waals surface area contributed by atoms with Crippen LogP contribution < -0.4 is 32.2 Å². The fraction of sp³-hybridized carbons (Fsp3) is 0.630. The first-order chi connectivity index (χ1) is 17.9. The maximum absolute atomic E-state index is 13.2. The minimum atomic E-state index is -0.410. The Labute approximate surface area is 226 Å². The lowest BCUT2D eigenvalue weighted by atomic mass is 9.74. The van der Waals surface area contributed by atoms with Crippen molar-refractivity contribution in [3.8, 4) is 5.75 Å². The number of guanidine groups is 2. The lowest BCUT2D eigenvalue weighted by Crippen LogP contribution is -2.49. The molecule has 0 saturated heterocycles. The van der Waals surface area contributed by atoms with Gasteiger partial charge in [0.2, 0.25) is 0 Å². The van der Waals surface area contributed by atoms with Gasteiger partial charge in [-0.2, -0.15) is 0 Å². The summed E-state index contributed by atoms with van der Waals surface area (Å²) in [4.78, 5) is 35.2. The molecule has 2 rings (SSSR count). The van der Waals surface area contributed by atoms with Crippen LogP contribution in [0.1, 0.15) is 65.4 Å². The number of carbonyl (C=O) groups excluding carboxylic acids is 2. The van der Waals surface area contributed by atoms with Crippen LogP contribution in [0.2, 0.25) is 0 Å². The summed E-state index contributed by atoms with van der Waals surface area (Å²) in [6.07, 6.45) is 4.63. The van der Waals surface area contributed by atoms with E-state index in [-0.39, 0.29) is 28.8 Å². The quantitative estimate of drug-likeness (QED) is 0.282. The zero-order chi connectivity index (χ0) is 28.2. The Morgan fingerprint density at radius 2 is 1.87 bits per heavy atom. The van der Waals surface area contributed by atoms with Crippen molar-refractivity contribution in [3.05, 3.63) is 29.8 Å². The minimum absolute atomic E-state index is 0.0722. The molecule has 212 valence electrons. The van der Waals surface area contributed by atoms with Gasteiger partial charge in [-0.25, -0.2) is 14.6 Å². The number of nitrogens with two attached hydrogens (primary N) is 2. The third-order valence-electron chi connectivity index (χ3n) is 6.22. The third kappa shape index (κ3) is 11.3. The summed E-state index contributed by atoms with van der Waals surface area (Å²) >= 11 is 0.